The van der Waals surface area contributed by atoms with E-state index in [9.17, 15) is 24.3 Å². The van der Waals surface area contributed by atoms with Crippen molar-refractivity contribution in [1.29, 1.82) is 0 Å². The van der Waals surface area contributed by atoms with Crippen molar-refractivity contribution in [2.24, 2.45) is 0 Å². The third-order valence-electron chi connectivity index (χ3n) is 13.8. The maximum Gasteiger partial charge on any atom is 0.266 e. The lowest BCUT2D eigenvalue weighted by Gasteiger charge is -2.50. The predicted molar refractivity (Wildman–Crippen MR) is 255 cm³/mol. The average molecular weight is 923 g/mol. The summed E-state index contributed by atoms with van der Waals surface area (Å²) in [4.78, 5) is 54.2. The van der Waals surface area contributed by atoms with Crippen LogP contribution in [-0.2, 0) is 42.2 Å². The van der Waals surface area contributed by atoms with Gasteiger partial charge in [0.25, 0.3) is 11.8 Å². The fraction of sp³-hybridized carbons (Fsp3) is 0.444. The molecule has 0 aliphatic carbocycles. The number of carbonyl (C=O) groups excluding carboxylic acids is 4. The number of amides is 4. The summed E-state index contributed by atoms with van der Waals surface area (Å²) >= 11 is 0. The Bertz CT molecular complexity index is 2710. The van der Waals surface area contributed by atoms with Gasteiger partial charge in [-0.1, -0.05) is 76.4 Å². The molecule has 4 aliphatic heterocycles. The Hall–Kier alpha value is -6.38. The van der Waals surface area contributed by atoms with E-state index in [1.165, 1.54) is 33.4 Å². The van der Waals surface area contributed by atoms with Crippen LogP contribution >= 0.6 is 0 Å². The summed E-state index contributed by atoms with van der Waals surface area (Å²) in [6, 6.07) is 21.4. The molecule has 4 aliphatic rings. The van der Waals surface area contributed by atoms with Crippen LogP contribution in [0.5, 0.6) is 17.2 Å². The summed E-state index contributed by atoms with van der Waals surface area (Å²) in [7, 11) is 0. The van der Waals surface area contributed by atoms with Gasteiger partial charge in [0.2, 0.25) is 11.8 Å². The highest BCUT2D eigenvalue weighted by atomic mass is 16.5. The maximum atomic E-state index is 13.4. The second-order valence-electron chi connectivity index (χ2n) is 19.6. The molecule has 0 radical (unpaired) electrons. The second kappa shape index (κ2) is 19.7. The summed E-state index contributed by atoms with van der Waals surface area (Å²) in [5.74, 6) is -0.443. The van der Waals surface area contributed by atoms with E-state index in [-0.39, 0.29) is 36.1 Å². The van der Waals surface area contributed by atoms with Crippen LogP contribution in [0, 0.1) is 27.7 Å². The number of fused-ring (bicyclic) bond motifs is 4. The SMILES string of the molecule is Cc1cc(C)cc(COc2cc3c(cc2OCc2cc(C)cc(C)c2)C2CC(O)(Cc4cn(CCCCCCOc5cccc6c5C(=O)N(C5CCC(=O)NC5=O)C6=O)nn4)CC(C)N2CC3)c1. The van der Waals surface area contributed by atoms with Crippen LogP contribution < -0.4 is 19.5 Å². The van der Waals surface area contributed by atoms with Gasteiger partial charge in [0.05, 0.1) is 29.0 Å². The van der Waals surface area contributed by atoms with Gasteiger partial charge in [0.15, 0.2) is 11.5 Å². The molecule has 9 rings (SSSR count). The maximum absolute atomic E-state index is 13.4. The smallest absolute Gasteiger partial charge is 0.266 e. The minimum atomic E-state index is -1.03. The van der Waals surface area contributed by atoms with Gasteiger partial charge in [-0.3, -0.25) is 39.0 Å². The molecule has 5 heterocycles. The molecule has 5 aromatic rings. The van der Waals surface area contributed by atoms with Crippen molar-refractivity contribution >= 4 is 23.6 Å². The normalized spacial score (nSPS) is 21.3. The van der Waals surface area contributed by atoms with Gasteiger partial charge < -0.3 is 19.3 Å². The number of nitrogens with zero attached hydrogens (tertiary/aromatic N) is 5. The van der Waals surface area contributed by atoms with Crippen molar-refractivity contribution in [3.05, 3.63) is 134 Å². The Balaban J connectivity index is 0.797. The van der Waals surface area contributed by atoms with Gasteiger partial charge in [-0.05, 0) is 126 Å². The topological polar surface area (TPSA) is 165 Å². The van der Waals surface area contributed by atoms with Gasteiger partial charge in [-0.25, -0.2) is 0 Å². The molecule has 14 nitrogen and oxygen atoms in total. The Morgan fingerprint density at radius 3 is 2.12 bits per heavy atom. The quantitative estimate of drug-likeness (QED) is 0.0692. The number of ether oxygens (including phenoxy) is 3. The van der Waals surface area contributed by atoms with Gasteiger partial charge >= 0.3 is 0 Å². The standard InChI is InChI=1S/C54H62N6O8/c1-33-19-34(2)22-38(21-33)31-67-47-25-40-15-17-59-37(5)27-54(65,29-45(59)43(40)26-48(47)68-32-39-23-35(3)20-36(4)24-39)28-41-30-58(57-56-41)16-8-6-7-9-18-66-46-12-10-11-42-50(46)53(64)60(52(42)63)44-13-14-49(61)55-51(44)62/h10-12,19-26,30,37,44-45,65H,6-9,13-18,27-29,31-32H2,1-5H3,(H,55,61,62). The summed E-state index contributed by atoms with van der Waals surface area (Å²) in [5, 5.41) is 23.5. The van der Waals surface area contributed by atoms with Crippen molar-refractivity contribution in [2.45, 2.75) is 142 Å². The van der Waals surface area contributed by atoms with E-state index in [4.69, 9.17) is 14.2 Å². The highest BCUT2D eigenvalue weighted by Crippen LogP contribution is 2.47. The number of nitrogens with one attached hydrogen (secondary N) is 1. The Labute approximate surface area is 398 Å². The Morgan fingerprint density at radius 1 is 0.750 bits per heavy atom. The molecule has 4 amide bonds. The number of aromatic nitrogens is 3. The number of rotatable bonds is 17. The minimum absolute atomic E-state index is 0.00174. The van der Waals surface area contributed by atoms with Crippen LogP contribution in [-0.4, -0.2) is 84.4 Å². The zero-order valence-electron chi connectivity index (χ0n) is 39.8. The van der Waals surface area contributed by atoms with E-state index in [1.54, 1.807) is 18.2 Å². The number of hydrogen-bond donors (Lipinski definition) is 2. The molecule has 68 heavy (non-hydrogen) atoms. The summed E-state index contributed by atoms with van der Waals surface area (Å²) in [5.41, 5.74) is 9.58. The summed E-state index contributed by atoms with van der Waals surface area (Å²) in [6.45, 7) is 13.4. The lowest BCUT2D eigenvalue weighted by molar-refractivity contribution is -0.136. The van der Waals surface area contributed by atoms with Crippen molar-refractivity contribution in [2.75, 3.05) is 13.2 Å². The predicted octanol–water partition coefficient (Wildman–Crippen LogP) is 7.77. The molecule has 2 fully saturated rings. The first-order valence-electron chi connectivity index (χ1n) is 24.1. The number of carbonyl (C=O) groups is 4. The molecule has 14 heteroatoms. The fourth-order valence-electron chi connectivity index (χ4n) is 11.0. The number of aliphatic hydroxyl groups is 1. The van der Waals surface area contributed by atoms with Crippen LogP contribution in [0.1, 0.15) is 135 Å². The molecule has 0 spiro atoms. The minimum Gasteiger partial charge on any atom is -0.493 e. The molecule has 4 atom stereocenters. The number of piperidine rings is 2. The first-order valence-corrected chi connectivity index (χ1v) is 24.1. The van der Waals surface area contributed by atoms with Crippen molar-refractivity contribution in [1.82, 2.24) is 30.1 Å². The monoisotopic (exact) mass is 922 g/mol. The first kappa shape index (κ1) is 46.7. The Morgan fingerprint density at radius 2 is 1.43 bits per heavy atom. The van der Waals surface area contributed by atoms with Gasteiger partial charge in [0, 0.05) is 44.2 Å². The van der Waals surface area contributed by atoms with Gasteiger partial charge in [-0.15, -0.1) is 5.10 Å². The van der Waals surface area contributed by atoms with Crippen LogP contribution in [0.2, 0.25) is 0 Å². The molecule has 356 valence electrons. The van der Waals surface area contributed by atoms with E-state index in [0.29, 0.717) is 57.1 Å². The van der Waals surface area contributed by atoms with E-state index in [2.05, 4.69) is 104 Å². The van der Waals surface area contributed by atoms with Crippen molar-refractivity contribution < 1.29 is 38.5 Å². The van der Waals surface area contributed by atoms with E-state index < -0.39 is 35.3 Å². The zero-order chi connectivity index (χ0) is 47.7. The lowest BCUT2D eigenvalue weighted by atomic mass is 9.75. The molecule has 4 unspecified atom stereocenters. The number of hydrogen-bond acceptors (Lipinski definition) is 11. The average Bonchev–Trinajstić information content (AvgIpc) is 3.83. The fourth-order valence-corrected chi connectivity index (χ4v) is 11.0. The molecule has 0 bridgehead atoms. The summed E-state index contributed by atoms with van der Waals surface area (Å²) < 4.78 is 21.1. The largest absolute Gasteiger partial charge is 0.493 e. The number of imide groups is 2. The van der Waals surface area contributed by atoms with E-state index in [0.717, 1.165) is 66.1 Å². The van der Waals surface area contributed by atoms with Crippen LogP contribution in [0.25, 0.3) is 0 Å². The zero-order valence-corrected chi connectivity index (χ0v) is 39.8. The molecule has 2 saturated heterocycles. The molecular weight excluding hydrogens is 861 g/mol. The van der Waals surface area contributed by atoms with E-state index in [1.807, 2.05) is 10.9 Å². The summed E-state index contributed by atoms with van der Waals surface area (Å²) in [6.07, 6.45) is 8.00. The lowest BCUT2D eigenvalue weighted by Crippen LogP contribution is -2.54. The van der Waals surface area contributed by atoms with Crippen molar-refractivity contribution in [3.8, 4) is 17.2 Å². The third kappa shape index (κ3) is 10.2. The van der Waals surface area contributed by atoms with Gasteiger partial charge in [-0.2, -0.15) is 0 Å². The first-order chi connectivity index (χ1) is 32.7. The third-order valence-corrected chi connectivity index (χ3v) is 13.8. The highest BCUT2D eigenvalue weighted by molar-refractivity contribution is 6.24. The van der Waals surface area contributed by atoms with Crippen LogP contribution in [0.15, 0.2) is 72.9 Å². The molecule has 0 saturated carbocycles. The molecular formula is C54H62N6O8. The highest BCUT2D eigenvalue weighted by Gasteiger charge is 2.47. The Kier molecular flexibility index (Phi) is 13.5. The van der Waals surface area contributed by atoms with Crippen LogP contribution in [0.3, 0.4) is 0 Å². The number of unbranched alkanes of at least 4 members (excludes halogenated alkanes) is 3. The van der Waals surface area contributed by atoms with Gasteiger partial charge in [0.1, 0.15) is 25.0 Å². The molecule has 4 aromatic carbocycles. The van der Waals surface area contributed by atoms with Crippen molar-refractivity contribution in [3.63, 3.8) is 0 Å². The van der Waals surface area contributed by atoms with E-state index >= 15 is 0 Å². The second-order valence-corrected chi connectivity index (χ2v) is 19.6. The number of benzene rings is 4. The molecule has 2 N–H and O–H groups in total. The molecule has 1 aromatic heterocycles. The van der Waals surface area contributed by atoms with Crippen LogP contribution in [0.4, 0.5) is 0 Å². The number of aryl methyl sites for hydroxylation is 5.